The molecule has 1 aliphatic carbocycles. The van der Waals surface area contributed by atoms with Crippen LogP contribution in [0.4, 0.5) is 0 Å². The molecule has 0 spiro atoms. The van der Waals surface area contributed by atoms with Crippen LogP contribution in [0.5, 0.6) is 0 Å². The van der Waals surface area contributed by atoms with Crippen molar-refractivity contribution in [3.8, 4) is 0 Å². The van der Waals surface area contributed by atoms with E-state index in [1.165, 1.54) is 32.1 Å². The second-order valence-electron chi connectivity index (χ2n) is 7.64. The maximum atomic E-state index is 12.7. The highest BCUT2D eigenvalue weighted by atomic mass is 16.5. The van der Waals surface area contributed by atoms with Gasteiger partial charge in [0.2, 0.25) is 0 Å². The van der Waals surface area contributed by atoms with Crippen LogP contribution >= 0.6 is 0 Å². The van der Waals surface area contributed by atoms with Crippen LogP contribution in [-0.2, 0) is 9.53 Å². The van der Waals surface area contributed by atoms with Gasteiger partial charge in [-0.1, -0.05) is 19.3 Å². The van der Waals surface area contributed by atoms with Gasteiger partial charge in [-0.2, -0.15) is 0 Å². The third kappa shape index (κ3) is 3.66. The van der Waals surface area contributed by atoms with Gasteiger partial charge in [0.15, 0.2) is 5.78 Å². The molecule has 1 aliphatic heterocycles. The Balaban J connectivity index is 2.10. The van der Waals surface area contributed by atoms with Gasteiger partial charge in [0.1, 0.15) is 5.60 Å². The van der Waals surface area contributed by atoms with E-state index >= 15 is 0 Å². The molecular formula is C17H31NO3. The number of rotatable bonds is 5. The van der Waals surface area contributed by atoms with Crippen LogP contribution in [0.3, 0.4) is 0 Å². The van der Waals surface area contributed by atoms with Crippen molar-refractivity contribution in [3.05, 3.63) is 0 Å². The van der Waals surface area contributed by atoms with E-state index in [0.29, 0.717) is 19.1 Å². The second kappa shape index (κ2) is 6.35. The fourth-order valence-electron chi connectivity index (χ4n) is 4.05. The molecule has 0 aromatic rings. The third-order valence-electron chi connectivity index (χ3n) is 5.16. The lowest BCUT2D eigenvalue weighted by Crippen LogP contribution is -2.47. The summed E-state index contributed by atoms with van der Waals surface area (Å²) in [5.74, 6) is 0.0900. The smallest absolute Gasteiger partial charge is 0.171 e. The van der Waals surface area contributed by atoms with E-state index in [4.69, 9.17) is 4.74 Å². The molecule has 0 aromatic heterocycles. The van der Waals surface area contributed by atoms with Crippen molar-refractivity contribution >= 4 is 5.78 Å². The molecule has 0 radical (unpaired) electrons. The molecule has 1 saturated carbocycles. The first-order chi connectivity index (χ1) is 9.78. The lowest BCUT2D eigenvalue weighted by atomic mass is 9.84. The molecule has 4 nitrogen and oxygen atoms in total. The quantitative estimate of drug-likeness (QED) is 0.846. The predicted molar refractivity (Wildman–Crippen MR) is 83.3 cm³/mol. The normalized spacial score (nSPS) is 29.2. The third-order valence-corrected chi connectivity index (χ3v) is 5.16. The Morgan fingerprint density at radius 1 is 1.19 bits per heavy atom. The number of aliphatic hydroxyl groups is 1. The van der Waals surface area contributed by atoms with Gasteiger partial charge in [-0.05, 0) is 40.5 Å². The molecule has 1 saturated heterocycles. The van der Waals surface area contributed by atoms with Gasteiger partial charge in [0, 0.05) is 19.1 Å². The molecule has 0 aromatic carbocycles. The highest BCUT2D eigenvalue weighted by Crippen LogP contribution is 2.40. The highest BCUT2D eigenvalue weighted by Gasteiger charge is 2.53. The molecule has 2 rings (SSSR count). The molecule has 2 fully saturated rings. The summed E-state index contributed by atoms with van der Waals surface area (Å²) in [6.45, 7) is 9.29. The summed E-state index contributed by atoms with van der Waals surface area (Å²) in [5.41, 5.74) is -1.12. The minimum Gasteiger partial charge on any atom is -0.395 e. The minimum atomic E-state index is -0.689. The standard InChI is InChI=1S/C17H31NO3/c1-16(2)14(15(20)17(3,4)21-16)12-18(10-11-19)13-8-6-5-7-9-13/h13-14,19H,5-12H2,1-4H3. The van der Waals surface area contributed by atoms with E-state index in [2.05, 4.69) is 4.90 Å². The monoisotopic (exact) mass is 297 g/mol. The van der Waals surface area contributed by atoms with Crippen LogP contribution in [-0.4, -0.2) is 52.7 Å². The molecule has 1 heterocycles. The van der Waals surface area contributed by atoms with Crippen molar-refractivity contribution in [1.29, 1.82) is 0 Å². The zero-order valence-electron chi connectivity index (χ0n) is 14.0. The Kier molecular flexibility index (Phi) is 5.11. The lowest BCUT2D eigenvalue weighted by molar-refractivity contribution is -0.132. The summed E-state index contributed by atoms with van der Waals surface area (Å²) in [6.07, 6.45) is 6.21. The summed E-state index contributed by atoms with van der Waals surface area (Å²) in [4.78, 5) is 15.0. The number of ketones is 1. The van der Waals surface area contributed by atoms with Gasteiger partial charge in [0.05, 0.1) is 18.1 Å². The summed E-state index contributed by atoms with van der Waals surface area (Å²) in [7, 11) is 0. The molecule has 4 heteroatoms. The van der Waals surface area contributed by atoms with Crippen molar-refractivity contribution in [2.75, 3.05) is 19.7 Å². The van der Waals surface area contributed by atoms with Gasteiger partial charge in [-0.15, -0.1) is 0 Å². The fourth-order valence-corrected chi connectivity index (χ4v) is 4.05. The van der Waals surface area contributed by atoms with Crippen LogP contribution in [0.25, 0.3) is 0 Å². The first-order valence-electron chi connectivity index (χ1n) is 8.37. The first-order valence-corrected chi connectivity index (χ1v) is 8.37. The van der Waals surface area contributed by atoms with E-state index in [1.807, 2.05) is 27.7 Å². The Labute approximate surface area is 128 Å². The van der Waals surface area contributed by atoms with Gasteiger partial charge in [-0.25, -0.2) is 0 Å². The van der Waals surface area contributed by atoms with E-state index in [0.717, 1.165) is 0 Å². The van der Waals surface area contributed by atoms with Crippen molar-refractivity contribution < 1.29 is 14.6 Å². The maximum Gasteiger partial charge on any atom is 0.171 e. The number of ether oxygens (including phenoxy) is 1. The van der Waals surface area contributed by atoms with Crippen molar-refractivity contribution in [2.45, 2.75) is 77.0 Å². The average Bonchev–Trinajstić information content (AvgIpc) is 2.57. The molecular weight excluding hydrogens is 266 g/mol. The van der Waals surface area contributed by atoms with E-state index in [1.54, 1.807) is 0 Å². The molecule has 1 unspecified atom stereocenters. The van der Waals surface area contributed by atoms with E-state index < -0.39 is 11.2 Å². The molecule has 0 amide bonds. The largest absolute Gasteiger partial charge is 0.395 e. The number of hydrogen-bond donors (Lipinski definition) is 1. The number of carbonyl (C=O) groups excluding carboxylic acids is 1. The summed E-state index contributed by atoms with van der Waals surface area (Å²) >= 11 is 0. The average molecular weight is 297 g/mol. The zero-order valence-corrected chi connectivity index (χ0v) is 14.0. The summed E-state index contributed by atoms with van der Waals surface area (Å²) in [6, 6.07) is 0.512. The molecule has 122 valence electrons. The zero-order chi connectivity index (χ0) is 15.7. The summed E-state index contributed by atoms with van der Waals surface area (Å²) < 4.78 is 5.99. The second-order valence-corrected chi connectivity index (χ2v) is 7.64. The fraction of sp³-hybridized carbons (Fsp3) is 0.941. The maximum absolute atomic E-state index is 12.7. The van der Waals surface area contributed by atoms with E-state index in [-0.39, 0.29) is 18.3 Å². The van der Waals surface area contributed by atoms with Gasteiger partial charge in [-0.3, -0.25) is 9.69 Å². The van der Waals surface area contributed by atoms with Crippen LogP contribution in [0.2, 0.25) is 0 Å². The van der Waals surface area contributed by atoms with Crippen molar-refractivity contribution in [1.82, 2.24) is 4.90 Å². The predicted octanol–water partition coefficient (Wildman–Crippen LogP) is 2.39. The lowest BCUT2D eigenvalue weighted by Gasteiger charge is -2.37. The van der Waals surface area contributed by atoms with Gasteiger partial charge in [0.25, 0.3) is 0 Å². The first kappa shape index (κ1) is 16.9. The van der Waals surface area contributed by atoms with Crippen molar-refractivity contribution in [2.24, 2.45) is 5.92 Å². The van der Waals surface area contributed by atoms with E-state index in [9.17, 15) is 9.90 Å². The van der Waals surface area contributed by atoms with Crippen LogP contribution in [0.15, 0.2) is 0 Å². The SMILES string of the molecule is CC1(C)OC(C)(C)C(CN(CCO)C2CCCCC2)C1=O. The Morgan fingerprint density at radius 2 is 1.81 bits per heavy atom. The highest BCUT2D eigenvalue weighted by molar-refractivity contribution is 5.91. The number of nitrogens with zero attached hydrogens (tertiary/aromatic N) is 1. The molecule has 1 N–H and O–H groups in total. The minimum absolute atomic E-state index is 0.110. The van der Waals surface area contributed by atoms with Gasteiger partial charge >= 0.3 is 0 Å². The Hall–Kier alpha value is -0.450. The van der Waals surface area contributed by atoms with Crippen LogP contribution < -0.4 is 0 Å². The molecule has 21 heavy (non-hydrogen) atoms. The number of hydrogen-bond acceptors (Lipinski definition) is 4. The van der Waals surface area contributed by atoms with Crippen molar-refractivity contribution in [3.63, 3.8) is 0 Å². The number of Topliss-reactive ketones (excluding diaryl/α,β-unsaturated/α-hetero) is 1. The van der Waals surface area contributed by atoms with Crippen LogP contribution in [0, 0.1) is 5.92 Å². The Bertz CT molecular complexity index is 372. The van der Waals surface area contributed by atoms with Gasteiger partial charge < -0.3 is 9.84 Å². The Morgan fingerprint density at radius 3 is 2.29 bits per heavy atom. The summed E-state index contributed by atoms with van der Waals surface area (Å²) in [5, 5.41) is 9.38. The molecule has 2 aliphatic rings. The molecule has 1 atom stereocenters. The number of carbonyl (C=O) groups is 1. The number of aliphatic hydroxyl groups excluding tert-OH is 1. The van der Waals surface area contributed by atoms with Crippen LogP contribution in [0.1, 0.15) is 59.8 Å². The topological polar surface area (TPSA) is 49.8 Å². The molecule has 0 bridgehead atoms.